The van der Waals surface area contributed by atoms with Gasteiger partial charge in [0.2, 0.25) is 0 Å². The molecule has 0 aliphatic rings. The zero-order valence-corrected chi connectivity index (χ0v) is 14.3. The highest BCUT2D eigenvalue weighted by molar-refractivity contribution is 6.30. The molecule has 3 aromatic rings. The number of rotatable bonds is 4. The van der Waals surface area contributed by atoms with Gasteiger partial charge in [-0.2, -0.15) is 5.26 Å². The average Bonchev–Trinajstić information content (AvgIpc) is 2.63. The minimum absolute atomic E-state index is 0.0952. The van der Waals surface area contributed by atoms with Gasteiger partial charge in [0, 0.05) is 33.4 Å². The second kappa shape index (κ2) is 7.60. The Morgan fingerprint density at radius 1 is 1.08 bits per heavy atom. The van der Waals surface area contributed by atoms with Crippen LogP contribution in [-0.4, -0.2) is 11.0 Å². The topological polar surface area (TPSA) is 85.2 Å². The summed E-state index contributed by atoms with van der Waals surface area (Å²) >= 11 is 5.91. The van der Waals surface area contributed by atoms with Gasteiger partial charge in [-0.15, -0.1) is 0 Å². The van der Waals surface area contributed by atoms with Gasteiger partial charge >= 0.3 is 0 Å². The largest absolute Gasteiger partial charge is 0.507 e. The molecule has 0 aliphatic heterocycles. The van der Waals surface area contributed by atoms with Crippen LogP contribution in [0, 0.1) is 11.3 Å². The van der Waals surface area contributed by atoms with Crippen LogP contribution in [0.5, 0.6) is 5.75 Å². The van der Waals surface area contributed by atoms with Crippen LogP contribution < -0.4 is 10.6 Å². The number of phenolic OH excluding ortho intramolecular Hbond substituents is 1. The van der Waals surface area contributed by atoms with Crippen LogP contribution in [0.15, 0.2) is 72.4 Å². The van der Waals surface area contributed by atoms with Crippen LogP contribution in [0.25, 0.3) is 10.8 Å². The second-order valence-corrected chi connectivity index (χ2v) is 5.89. The van der Waals surface area contributed by atoms with Crippen molar-refractivity contribution in [3.8, 4) is 11.8 Å². The number of hydrogen-bond acceptors (Lipinski definition) is 4. The van der Waals surface area contributed by atoms with E-state index in [1.54, 1.807) is 60.7 Å². The summed E-state index contributed by atoms with van der Waals surface area (Å²) in [4.78, 5) is 12.4. The van der Waals surface area contributed by atoms with Crippen molar-refractivity contribution in [3.63, 3.8) is 0 Å². The maximum Gasteiger partial charge on any atom is 0.267 e. The number of phenols is 1. The van der Waals surface area contributed by atoms with E-state index >= 15 is 0 Å². The number of fused-ring (bicyclic) bond motifs is 1. The molecule has 3 rings (SSSR count). The summed E-state index contributed by atoms with van der Waals surface area (Å²) in [6.07, 6.45) is 1.32. The number of nitrogens with one attached hydrogen (secondary N) is 2. The standard InChI is InChI=1S/C20H14ClN3O2/c21-14-4-1-5-15(10-14)23-12-13(11-22)20(26)24-18-8-2-7-17-16(18)6-3-9-19(17)25/h1-10,12,23,25H,(H,24,26)/b13-12-. The van der Waals surface area contributed by atoms with Gasteiger partial charge in [-0.05, 0) is 30.3 Å². The van der Waals surface area contributed by atoms with E-state index in [0.29, 0.717) is 27.2 Å². The number of halogens is 1. The number of nitriles is 1. The van der Waals surface area contributed by atoms with E-state index in [0.717, 1.165) is 0 Å². The highest BCUT2D eigenvalue weighted by Crippen LogP contribution is 2.30. The highest BCUT2D eigenvalue weighted by atomic mass is 35.5. The second-order valence-electron chi connectivity index (χ2n) is 5.46. The lowest BCUT2D eigenvalue weighted by molar-refractivity contribution is -0.112. The van der Waals surface area contributed by atoms with Gasteiger partial charge in [0.05, 0.1) is 0 Å². The Balaban J connectivity index is 1.83. The average molecular weight is 364 g/mol. The maximum atomic E-state index is 12.4. The fourth-order valence-corrected chi connectivity index (χ4v) is 2.66. The molecule has 0 saturated carbocycles. The van der Waals surface area contributed by atoms with Crippen LogP contribution in [0.4, 0.5) is 11.4 Å². The summed E-state index contributed by atoms with van der Waals surface area (Å²) in [5, 5.41) is 26.6. The molecule has 3 N–H and O–H groups in total. The van der Waals surface area contributed by atoms with Crippen LogP contribution in [-0.2, 0) is 4.79 Å². The van der Waals surface area contributed by atoms with Crippen molar-refractivity contribution in [2.45, 2.75) is 0 Å². The normalized spacial score (nSPS) is 11.0. The van der Waals surface area contributed by atoms with Crippen LogP contribution in [0.2, 0.25) is 5.02 Å². The summed E-state index contributed by atoms with van der Waals surface area (Å²) < 4.78 is 0. The smallest absolute Gasteiger partial charge is 0.267 e. The van der Waals surface area contributed by atoms with Crippen molar-refractivity contribution in [2.24, 2.45) is 0 Å². The molecule has 0 fully saturated rings. The van der Waals surface area contributed by atoms with E-state index in [-0.39, 0.29) is 11.3 Å². The number of amides is 1. The van der Waals surface area contributed by atoms with E-state index < -0.39 is 5.91 Å². The molecule has 128 valence electrons. The lowest BCUT2D eigenvalue weighted by Crippen LogP contribution is -2.14. The van der Waals surface area contributed by atoms with Crippen molar-refractivity contribution in [2.75, 3.05) is 10.6 Å². The van der Waals surface area contributed by atoms with Gasteiger partial charge in [0.1, 0.15) is 17.4 Å². The summed E-state index contributed by atoms with van der Waals surface area (Å²) in [6, 6.07) is 19.0. The number of hydrogen-bond donors (Lipinski definition) is 3. The van der Waals surface area contributed by atoms with Crippen LogP contribution in [0.3, 0.4) is 0 Å². The molecule has 26 heavy (non-hydrogen) atoms. The Hall–Kier alpha value is -3.49. The van der Waals surface area contributed by atoms with E-state index in [2.05, 4.69) is 10.6 Å². The van der Waals surface area contributed by atoms with Crippen LogP contribution in [0.1, 0.15) is 0 Å². The first-order chi connectivity index (χ1) is 12.6. The maximum absolute atomic E-state index is 12.4. The van der Waals surface area contributed by atoms with Crippen LogP contribution >= 0.6 is 11.6 Å². The fraction of sp³-hybridized carbons (Fsp3) is 0. The van der Waals surface area contributed by atoms with E-state index in [1.807, 2.05) is 6.07 Å². The highest BCUT2D eigenvalue weighted by Gasteiger charge is 2.12. The molecule has 0 aliphatic carbocycles. The third-order valence-corrected chi connectivity index (χ3v) is 3.96. The summed E-state index contributed by atoms with van der Waals surface area (Å²) in [5.41, 5.74) is 1.07. The SMILES string of the molecule is N#C/C(=C/Nc1cccc(Cl)c1)C(=O)Nc1cccc2c(O)cccc12. The molecule has 0 radical (unpaired) electrons. The van der Waals surface area contributed by atoms with Gasteiger partial charge < -0.3 is 15.7 Å². The number of carbonyl (C=O) groups is 1. The number of anilines is 2. The summed E-state index contributed by atoms with van der Waals surface area (Å²) in [7, 11) is 0. The molecule has 0 unspecified atom stereocenters. The molecule has 0 aromatic heterocycles. The monoisotopic (exact) mass is 363 g/mol. The third-order valence-electron chi connectivity index (χ3n) is 3.72. The number of benzene rings is 3. The zero-order chi connectivity index (χ0) is 18.5. The van der Waals surface area contributed by atoms with E-state index in [1.165, 1.54) is 6.20 Å². The fourth-order valence-electron chi connectivity index (χ4n) is 2.47. The van der Waals surface area contributed by atoms with Gasteiger partial charge in [-0.25, -0.2) is 0 Å². The van der Waals surface area contributed by atoms with Crippen molar-refractivity contribution in [3.05, 3.63) is 77.5 Å². The van der Waals surface area contributed by atoms with Crippen molar-refractivity contribution >= 4 is 39.7 Å². The van der Waals surface area contributed by atoms with Gasteiger partial charge in [-0.3, -0.25) is 4.79 Å². The molecule has 0 bridgehead atoms. The minimum Gasteiger partial charge on any atom is -0.507 e. The molecular weight excluding hydrogens is 350 g/mol. The zero-order valence-electron chi connectivity index (χ0n) is 13.5. The first-order valence-electron chi connectivity index (χ1n) is 7.73. The Labute approximate surface area is 155 Å². The molecule has 0 saturated heterocycles. The summed E-state index contributed by atoms with van der Waals surface area (Å²) in [6.45, 7) is 0. The van der Waals surface area contributed by atoms with Gasteiger partial charge in [0.15, 0.2) is 0 Å². The predicted molar refractivity (Wildman–Crippen MR) is 103 cm³/mol. The Bertz CT molecular complexity index is 1050. The van der Waals surface area contributed by atoms with Crippen molar-refractivity contribution in [1.82, 2.24) is 0 Å². The predicted octanol–water partition coefficient (Wildman–Crippen LogP) is 4.66. The van der Waals surface area contributed by atoms with Crippen molar-refractivity contribution in [1.29, 1.82) is 5.26 Å². The lowest BCUT2D eigenvalue weighted by Gasteiger charge is -2.09. The molecule has 0 spiro atoms. The van der Waals surface area contributed by atoms with Gasteiger partial charge in [0.25, 0.3) is 5.91 Å². The molecule has 0 atom stereocenters. The number of aromatic hydroxyl groups is 1. The van der Waals surface area contributed by atoms with E-state index in [9.17, 15) is 15.2 Å². The van der Waals surface area contributed by atoms with Crippen molar-refractivity contribution < 1.29 is 9.90 Å². The molecule has 6 heteroatoms. The molecule has 3 aromatic carbocycles. The molecule has 1 amide bonds. The Kier molecular flexibility index (Phi) is 5.07. The molecule has 0 heterocycles. The minimum atomic E-state index is -0.558. The number of nitrogens with zero attached hydrogens (tertiary/aromatic N) is 1. The quantitative estimate of drug-likeness (QED) is 0.465. The third kappa shape index (κ3) is 3.77. The first-order valence-corrected chi connectivity index (χ1v) is 8.11. The Morgan fingerprint density at radius 2 is 1.81 bits per heavy atom. The van der Waals surface area contributed by atoms with E-state index in [4.69, 9.17) is 11.6 Å². The Morgan fingerprint density at radius 3 is 2.58 bits per heavy atom. The number of carbonyl (C=O) groups excluding carboxylic acids is 1. The van der Waals surface area contributed by atoms with Gasteiger partial charge in [-0.1, -0.05) is 41.9 Å². The molecule has 5 nitrogen and oxygen atoms in total. The summed E-state index contributed by atoms with van der Waals surface area (Å²) in [5.74, 6) is -0.435. The lowest BCUT2D eigenvalue weighted by atomic mass is 10.1. The first kappa shape index (κ1) is 17.3. The molecular formula is C20H14ClN3O2.